The minimum atomic E-state index is -0.517. The average Bonchev–Trinajstić information content (AvgIpc) is 2.44. The summed E-state index contributed by atoms with van der Waals surface area (Å²) in [6.07, 6.45) is 3.25. The molecule has 0 spiro atoms. The topological polar surface area (TPSA) is 85.2 Å². The van der Waals surface area contributed by atoms with Crippen LogP contribution in [0.15, 0.2) is 23.6 Å². The van der Waals surface area contributed by atoms with E-state index in [9.17, 15) is 9.59 Å². The maximum absolute atomic E-state index is 11.9. The monoisotopic (exact) mass is 342 g/mol. The lowest BCUT2D eigenvalue weighted by atomic mass is 10.2. The van der Waals surface area contributed by atoms with Crippen molar-refractivity contribution in [1.29, 1.82) is 0 Å². The van der Waals surface area contributed by atoms with Crippen molar-refractivity contribution in [2.45, 2.75) is 39.3 Å². The Kier molecular flexibility index (Phi) is 7.09. The Morgan fingerprint density at radius 1 is 1.48 bits per heavy atom. The number of alkyl carbamates (subject to hydrolysis) is 1. The van der Waals surface area contributed by atoms with Gasteiger partial charge in [0.05, 0.1) is 18.4 Å². The fourth-order valence-corrected chi connectivity index (χ4v) is 1.87. The summed E-state index contributed by atoms with van der Waals surface area (Å²) in [6.45, 7) is 10.2. The van der Waals surface area contributed by atoms with Gasteiger partial charge in [0.1, 0.15) is 10.6 Å². The highest BCUT2D eigenvalue weighted by Gasteiger charge is 2.15. The second kappa shape index (κ2) is 8.57. The van der Waals surface area contributed by atoms with Gasteiger partial charge in [-0.15, -0.1) is 6.58 Å². The first-order valence-corrected chi connectivity index (χ1v) is 7.69. The van der Waals surface area contributed by atoms with Gasteiger partial charge < -0.3 is 15.4 Å². The molecule has 0 saturated heterocycles. The number of halogens is 1. The molecule has 0 bridgehead atoms. The van der Waals surface area contributed by atoms with Gasteiger partial charge in [-0.1, -0.05) is 17.7 Å². The molecule has 1 rings (SSSR count). The smallest absolute Gasteiger partial charge is 0.407 e. The van der Waals surface area contributed by atoms with Crippen molar-refractivity contribution in [3.63, 3.8) is 0 Å². The second-order valence-corrected chi connectivity index (χ2v) is 6.24. The van der Waals surface area contributed by atoms with Crippen molar-refractivity contribution in [3.8, 4) is 0 Å². The predicted octanol–water partition coefficient (Wildman–Crippen LogP) is 2.41. The lowest BCUT2D eigenvalue weighted by Crippen LogP contribution is -2.33. The number of nitrogens with zero attached hydrogens (tertiary/aromatic N) is 2. The van der Waals surface area contributed by atoms with E-state index >= 15 is 0 Å². The number of anilines is 1. The fourth-order valence-electron chi connectivity index (χ4n) is 1.66. The number of nitrogens with one attached hydrogen (secondary N) is 2. The van der Waals surface area contributed by atoms with Gasteiger partial charge in [0, 0.05) is 13.1 Å². The van der Waals surface area contributed by atoms with Crippen LogP contribution in [0.4, 0.5) is 10.5 Å². The summed E-state index contributed by atoms with van der Waals surface area (Å²) in [6, 6.07) is 0. The second-order valence-electron chi connectivity index (χ2n) is 5.86. The van der Waals surface area contributed by atoms with Crippen LogP contribution in [-0.4, -0.2) is 34.6 Å². The summed E-state index contributed by atoms with van der Waals surface area (Å²) in [7, 11) is 0. The Balaban J connectivity index is 2.39. The van der Waals surface area contributed by atoms with Gasteiger partial charge in [-0.2, -0.15) is 5.10 Å². The van der Waals surface area contributed by atoms with E-state index in [0.29, 0.717) is 31.7 Å². The van der Waals surface area contributed by atoms with E-state index in [2.05, 4.69) is 22.3 Å². The number of hydrogen-bond acceptors (Lipinski definition) is 5. The van der Waals surface area contributed by atoms with E-state index in [1.807, 2.05) is 0 Å². The molecular weight excluding hydrogens is 320 g/mol. The van der Waals surface area contributed by atoms with Crippen LogP contribution in [0.2, 0.25) is 5.02 Å². The van der Waals surface area contributed by atoms with Crippen LogP contribution < -0.4 is 16.2 Å². The third kappa shape index (κ3) is 6.73. The van der Waals surface area contributed by atoms with Crippen molar-refractivity contribution in [2.24, 2.45) is 0 Å². The molecule has 23 heavy (non-hydrogen) atoms. The third-order valence-electron chi connectivity index (χ3n) is 2.62. The zero-order valence-electron chi connectivity index (χ0n) is 13.7. The normalized spacial score (nSPS) is 11.0. The van der Waals surface area contributed by atoms with Crippen LogP contribution in [0, 0.1) is 0 Å². The summed E-state index contributed by atoms with van der Waals surface area (Å²) in [5.41, 5.74) is -0.422. The Morgan fingerprint density at radius 3 is 2.78 bits per heavy atom. The summed E-state index contributed by atoms with van der Waals surface area (Å²) < 4.78 is 6.35. The molecule has 0 atom stereocenters. The number of ether oxygens (including phenoxy) is 1. The molecule has 0 radical (unpaired) electrons. The molecule has 2 N–H and O–H groups in total. The molecule has 8 heteroatoms. The van der Waals surface area contributed by atoms with Crippen LogP contribution in [0.1, 0.15) is 27.2 Å². The van der Waals surface area contributed by atoms with E-state index in [4.69, 9.17) is 16.3 Å². The lowest BCUT2D eigenvalue weighted by molar-refractivity contribution is 0.0528. The first-order valence-electron chi connectivity index (χ1n) is 7.32. The maximum Gasteiger partial charge on any atom is 0.407 e. The zero-order valence-corrected chi connectivity index (χ0v) is 14.4. The van der Waals surface area contributed by atoms with Crippen LogP contribution in [0.25, 0.3) is 0 Å². The Hall–Kier alpha value is -2.02. The van der Waals surface area contributed by atoms with Gasteiger partial charge in [-0.05, 0) is 27.2 Å². The van der Waals surface area contributed by atoms with E-state index in [-0.39, 0.29) is 10.6 Å². The number of aromatic nitrogens is 2. The quantitative estimate of drug-likeness (QED) is 0.587. The molecule has 1 aromatic rings. The molecule has 0 aromatic carbocycles. The van der Waals surface area contributed by atoms with Crippen molar-refractivity contribution < 1.29 is 9.53 Å². The highest BCUT2D eigenvalue weighted by Crippen LogP contribution is 2.14. The number of hydrogen-bond donors (Lipinski definition) is 2. The molecule has 1 aromatic heterocycles. The largest absolute Gasteiger partial charge is 0.444 e. The third-order valence-corrected chi connectivity index (χ3v) is 2.99. The summed E-state index contributed by atoms with van der Waals surface area (Å²) >= 11 is 6.01. The van der Waals surface area contributed by atoms with Crippen LogP contribution >= 0.6 is 11.6 Å². The molecule has 0 aliphatic rings. The van der Waals surface area contributed by atoms with Gasteiger partial charge in [-0.25, -0.2) is 9.48 Å². The average molecular weight is 343 g/mol. The molecule has 0 aliphatic carbocycles. The number of carbonyl (C=O) groups is 1. The minimum absolute atomic E-state index is 0.0851. The van der Waals surface area contributed by atoms with Gasteiger partial charge in [-0.3, -0.25) is 4.79 Å². The fraction of sp³-hybridized carbons (Fsp3) is 0.533. The van der Waals surface area contributed by atoms with Crippen molar-refractivity contribution in [1.82, 2.24) is 15.1 Å². The SMILES string of the molecule is C=CCn1ncc(NCCCNC(=O)OC(C)(C)C)c(Cl)c1=O. The molecule has 0 aliphatic heterocycles. The summed E-state index contributed by atoms with van der Waals surface area (Å²) in [5, 5.41) is 9.75. The number of amides is 1. The Bertz CT molecular complexity index is 608. The highest BCUT2D eigenvalue weighted by atomic mass is 35.5. The Labute approximate surface area is 140 Å². The number of rotatable bonds is 7. The van der Waals surface area contributed by atoms with E-state index < -0.39 is 11.7 Å². The van der Waals surface area contributed by atoms with E-state index in [1.54, 1.807) is 26.8 Å². The molecule has 128 valence electrons. The Morgan fingerprint density at radius 2 is 2.17 bits per heavy atom. The first-order chi connectivity index (χ1) is 10.7. The highest BCUT2D eigenvalue weighted by molar-refractivity contribution is 6.32. The van der Waals surface area contributed by atoms with Gasteiger partial charge in [0.25, 0.3) is 5.56 Å². The molecule has 1 heterocycles. The van der Waals surface area contributed by atoms with Gasteiger partial charge in [0.2, 0.25) is 0 Å². The maximum atomic E-state index is 11.9. The first kappa shape index (κ1) is 19.0. The van der Waals surface area contributed by atoms with Crippen LogP contribution in [-0.2, 0) is 11.3 Å². The van der Waals surface area contributed by atoms with Crippen molar-refractivity contribution in [3.05, 3.63) is 34.2 Å². The molecular formula is C15H23ClN4O3. The molecule has 1 amide bonds. The minimum Gasteiger partial charge on any atom is -0.444 e. The van der Waals surface area contributed by atoms with Crippen molar-refractivity contribution >= 4 is 23.4 Å². The van der Waals surface area contributed by atoms with Crippen LogP contribution in [0.5, 0.6) is 0 Å². The molecule has 0 fully saturated rings. The van der Waals surface area contributed by atoms with E-state index in [0.717, 1.165) is 0 Å². The number of carbonyl (C=O) groups excluding carboxylic acids is 1. The summed E-state index contributed by atoms with van der Waals surface area (Å²) in [4.78, 5) is 23.4. The lowest BCUT2D eigenvalue weighted by Gasteiger charge is -2.19. The molecule has 7 nitrogen and oxygen atoms in total. The number of allylic oxidation sites excluding steroid dienone is 1. The molecule has 0 saturated carbocycles. The van der Waals surface area contributed by atoms with Gasteiger partial charge >= 0.3 is 6.09 Å². The predicted molar refractivity (Wildman–Crippen MR) is 91.0 cm³/mol. The zero-order chi connectivity index (χ0) is 17.5. The summed E-state index contributed by atoms with van der Waals surface area (Å²) in [5.74, 6) is 0. The van der Waals surface area contributed by atoms with Gasteiger partial charge in [0.15, 0.2) is 0 Å². The standard InChI is InChI=1S/C15H23ClN4O3/c1-5-9-20-13(21)12(16)11(10-19-20)17-7-6-8-18-14(22)23-15(2,3)4/h5,10,17H,1,6-9H2,2-4H3,(H,18,22). The van der Waals surface area contributed by atoms with Crippen LogP contribution in [0.3, 0.4) is 0 Å². The van der Waals surface area contributed by atoms with E-state index in [1.165, 1.54) is 10.9 Å². The molecule has 0 unspecified atom stereocenters. The van der Waals surface area contributed by atoms with Crippen molar-refractivity contribution in [2.75, 3.05) is 18.4 Å².